The van der Waals surface area contributed by atoms with Crippen molar-refractivity contribution in [1.29, 1.82) is 0 Å². The Morgan fingerprint density at radius 3 is 2.88 bits per heavy atom. The van der Waals surface area contributed by atoms with E-state index in [4.69, 9.17) is 16.3 Å². The fourth-order valence-electron chi connectivity index (χ4n) is 2.66. The van der Waals surface area contributed by atoms with E-state index in [1.54, 1.807) is 0 Å². The first kappa shape index (κ1) is 17.6. The summed E-state index contributed by atoms with van der Waals surface area (Å²) in [6, 6.07) is 7.60. The number of hydrogen-bond donors (Lipinski definition) is 2. The number of nitrogens with one attached hydrogen (secondary N) is 2. The maximum absolute atomic E-state index is 12.1. The largest absolute Gasteiger partial charge is 0.376 e. The van der Waals surface area contributed by atoms with Crippen LogP contribution in [0.5, 0.6) is 0 Å². The minimum atomic E-state index is -0.187. The third kappa shape index (κ3) is 5.41. The molecule has 0 spiro atoms. The van der Waals surface area contributed by atoms with Gasteiger partial charge in [0.25, 0.3) is 5.91 Å². The number of nitrogens with zero attached hydrogens (tertiary/aromatic N) is 2. The molecule has 1 saturated heterocycles. The number of amides is 1. The molecule has 1 aliphatic heterocycles. The summed E-state index contributed by atoms with van der Waals surface area (Å²) in [5.41, 5.74) is 1.52. The lowest BCUT2D eigenvalue weighted by atomic mass is 10.1. The van der Waals surface area contributed by atoms with Crippen molar-refractivity contribution < 1.29 is 9.53 Å². The van der Waals surface area contributed by atoms with Crippen LogP contribution in [-0.4, -0.2) is 41.7 Å². The van der Waals surface area contributed by atoms with E-state index in [1.165, 1.54) is 12.4 Å². The third-order valence-corrected chi connectivity index (χ3v) is 4.25. The fourth-order valence-corrected chi connectivity index (χ4v) is 2.87. The highest BCUT2D eigenvalue weighted by molar-refractivity contribution is 6.30. The van der Waals surface area contributed by atoms with Gasteiger partial charge in [0.05, 0.1) is 11.7 Å². The van der Waals surface area contributed by atoms with Gasteiger partial charge in [-0.05, 0) is 37.0 Å². The first-order valence-corrected chi connectivity index (χ1v) is 8.78. The number of carbonyl (C=O) groups is 1. The zero-order chi connectivity index (χ0) is 17.5. The fraction of sp³-hybridized carbons (Fsp3) is 0.389. The van der Waals surface area contributed by atoms with Crippen molar-refractivity contribution in [2.45, 2.75) is 25.4 Å². The van der Waals surface area contributed by atoms with Crippen molar-refractivity contribution in [1.82, 2.24) is 15.3 Å². The minimum absolute atomic E-state index is 0.187. The molecule has 1 aromatic heterocycles. The van der Waals surface area contributed by atoms with E-state index in [2.05, 4.69) is 20.6 Å². The summed E-state index contributed by atoms with van der Waals surface area (Å²) in [7, 11) is 0. The summed E-state index contributed by atoms with van der Waals surface area (Å²) < 4.78 is 5.53. The van der Waals surface area contributed by atoms with Crippen LogP contribution in [0.15, 0.2) is 36.7 Å². The van der Waals surface area contributed by atoms with Gasteiger partial charge in [0.15, 0.2) is 0 Å². The minimum Gasteiger partial charge on any atom is -0.376 e. The van der Waals surface area contributed by atoms with Crippen LogP contribution >= 0.6 is 11.6 Å². The van der Waals surface area contributed by atoms with E-state index >= 15 is 0 Å². The van der Waals surface area contributed by atoms with Crippen LogP contribution < -0.4 is 10.6 Å². The maximum Gasteiger partial charge on any atom is 0.254 e. The second-order valence-electron chi connectivity index (χ2n) is 5.95. The molecule has 1 aromatic carbocycles. The van der Waals surface area contributed by atoms with Gasteiger partial charge in [0.2, 0.25) is 5.95 Å². The first-order chi connectivity index (χ1) is 12.2. The number of aromatic nitrogens is 2. The molecule has 25 heavy (non-hydrogen) atoms. The summed E-state index contributed by atoms with van der Waals surface area (Å²) in [5.74, 6) is 0.318. The molecule has 1 amide bonds. The monoisotopic (exact) mass is 360 g/mol. The average Bonchev–Trinajstić information content (AvgIpc) is 3.14. The lowest BCUT2D eigenvalue weighted by Crippen LogP contribution is -2.26. The standard InChI is InChI=1S/C18H21ClN4O2/c19-15-4-1-3-13(9-15)6-7-20-17(24)14-10-21-18(22-11-14)23-12-16-5-2-8-25-16/h1,3-4,9-11,16H,2,5-8,12H2,(H,20,24)(H,21,22,23). The maximum atomic E-state index is 12.1. The summed E-state index contributed by atoms with van der Waals surface area (Å²) >= 11 is 5.95. The van der Waals surface area contributed by atoms with Crippen molar-refractivity contribution in [2.75, 3.05) is 25.0 Å². The summed E-state index contributed by atoms with van der Waals surface area (Å²) in [4.78, 5) is 20.5. The molecule has 2 N–H and O–H groups in total. The van der Waals surface area contributed by atoms with Crippen molar-refractivity contribution in [3.63, 3.8) is 0 Å². The summed E-state index contributed by atoms with van der Waals surface area (Å²) in [6.07, 6.45) is 6.15. The molecule has 132 valence electrons. The van der Waals surface area contributed by atoms with Gasteiger partial charge in [0.1, 0.15) is 0 Å². The molecular weight excluding hydrogens is 340 g/mol. The average molecular weight is 361 g/mol. The normalized spacial score (nSPS) is 16.6. The molecule has 0 aliphatic carbocycles. The van der Waals surface area contributed by atoms with Crippen molar-refractivity contribution in [2.24, 2.45) is 0 Å². The van der Waals surface area contributed by atoms with E-state index < -0.39 is 0 Å². The van der Waals surface area contributed by atoms with Gasteiger partial charge in [-0.15, -0.1) is 0 Å². The first-order valence-electron chi connectivity index (χ1n) is 8.41. The van der Waals surface area contributed by atoms with Crippen LogP contribution in [-0.2, 0) is 11.2 Å². The van der Waals surface area contributed by atoms with Gasteiger partial charge < -0.3 is 15.4 Å². The van der Waals surface area contributed by atoms with Crippen molar-refractivity contribution in [3.05, 3.63) is 52.8 Å². The topological polar surface area (TPSA) is 76.1 Å². The SMILES string of the molecule is O=C(NCCc1cccc(Cl)c1)c1cnc(NCC2CCCO2)nc1. The molecule has 1 atom stereocenters. The Morgan fingerprint density at radius 2 is 2.16 bits per heavy atom. The Hall–Kier alpha value is -2.18. The molecule has 0 radical (unpaired) electrons. The molecule has 3 rings (SSSR count). The lowest BCUT2D eigenvalue weighted by Gasteiger charge is -2.10. The molecule has 0 bridgehead atoms. The van der Waals surface area contributed by atoms with E-state index in [0.29, 0.717) is 36.0 Å². The van der Waals surface area contributed by atoms with E-state index in [0.717, 1.165) is 25.0 Å². The van der Waals surface area contributed by atoms with Crippen LogP contribution in [0, 0.1) is 0 Å². The Kier molecular flexibility index (Phi) is 6.19. The van der Waals surface area contributed by atoms with Gasteiger partial charge in [0, 0.05) is 37.1 Å². The zero-order valence-corrected chi connectivity index (χ0v) is 14.6. The number of benzene rings is 1. The highest BCUT2D eigenvalue weighted by Gasteiger charge is 2.15. The van der Waals surface area contributed by atoms with Crippen LogP contribution in [0.3, 0.4) is 0 Å². The molecular formula is C18H21ClN4O2. The number of ether oxygens (including phenoxy) is 1. The van der Waals surface area contributed by atoms with Gasteiger partial charge in [-0.1, -0.05) is 23.7 Å². The molecule has 1 unspecified atom stereocenters. The zero-order valence-electron chi connectivity index (χ0n) is 13.9. The molecule has 2 heterocycles. The number of anilines is 1. The highest BCUT2D eigenvalue weighted by Crippen LogP contribution is 2.12. The van der Waals surface area contributed by atoms with Crippen LogP contribution in [0.4, 0.5) is 5.95 Å². The molecule has 0 saturated carbocycles. The summed E-state index contributed by atoms with van der Waals surface area (Å²) in [5, 5.41) is 6.69. The van der Waals surface area contributed by atoms with Gasteiger partial charge in [-0.25, -0.2) is 9.97 Å². The predicted octanol–water partition coefficient (Wildman–Crippen LogP) is 2.69. The van der Waals surface area contributed by atoms with Crippen molar-refractivity contribution >= 4 is 23.5 Å². The highest BCUT2D eigenvalue weighted by atomic mass is 35.5. The third-order valence-electron chi connectivity index (χ3n) is 4.01. The molecule has 6 nitrogen and oxygen atoms in total. The van der Waals surface area contributed by atoms with E-state index in [9.17, 15) is 4.79 Å². The number of hydrogen-bond acceptors (Lipinski definition) is 5. The molecule has 2 aromatic rings. The van der Waals surface area contributed by atoms with E-state index in [1.807, 2.05) is 24.3 Å². The second-order valence-corrected chi connectivity index (χ2v) is 6.38. The molecule has 1 fully saturated rings. The Morgan fingerprint density at radius 1 is 1.32 bits per heavy atom. The number of rotatable bonds is 7. The lowest BCUT2D eigenvalue weighted by molar-refractivity contribution is 0.0953. The van der Waals surface area contributed by atoms with Crippen LogP contribution in [0.1, 0.15) is 28.8 Å². The van der Waals surface area contributed by atoms with Gasteiger partial charge in [-0.2, -0.15) is 0 Å². The van der Waals surface area contributed by atoms with Gasteiger partial charge in [-0.3, -0.25) is 4.79 Å². The number of carbonyl (C=O) groups excluding carboxylic acids is 1. The molecule has 1 aliphatic rings. The Bertz CT molecular complexity index is 702. The molecule has 7 heteroatoms. The smallest absolute Gasteiger partial charge is 0.254 e. The van der Waals surface area contributed by atoms with Crippen LogP contribution in [0.25, 0.3) is 0 Å². The van der Waals surface area contributed by atoms with E-state index in [-0.39, 0.29) is 12.0 Å². The second kappa shape index (κ2) is 8.78. The quantitative estimate of drug-likeness (QED) is 0.794. The van der Waals surface area contributed by atoms with Crippen molar-refractivity contribution in [3.8, 4) is 0 Å². The predicted molar refractivity (Wildman–Crippen MR) is 97.0 cm³/mol. The Balaban J connectivity index is 1.43. The van der Waals surface area contributed by atoms with Crippen LogP contribution in [0.2, 0.25) is 5.02 Å². The Labute approximate surface area is 152 Å². The number of halogens is 1. The van der Waals surface area contributed by atoms with Gasteiger partial charge >= 0.3 is 0 Å². The summed E-state index contributed by atoms with van der Waals surface area (Å²) in [6.45, 7) is 2.03.